The first-order chi connectivity index (χ1) is 11.5. The molecule has 6 heteroatoms. The molecule has 0 aliphatic heterocycles. The molecule has 1 aromatic carbocycles. The number of carbonyl (C=O) groups excluding carboxylic acids is 1. The molecule has 0 bridgehead atoms. The third-order valence-electron chi connectivity index (χ3n) is 4.50. The first-order valence-corrected chi connectivity index (χ1v) is 11.4. The molecule has 5 nitrogen and oxygen atoms in total. The minimum atomic E-state index is -1.89. The summed E-state index contributed by atoms with van der Waals surface area (Å²) in [6.07, 6.45) is 2.45. The van der Waals surface area contributed by atoms with Crippen LogP contribution >= 0.6 is 0 Å². The van der Waals surface area contributed by atoms with Crippen LogP contribution in [0.1, 0.15) is 26.3 Å². The molecule has 1 amide bonds. The number of nitrogens with one attached hydrogen (secondary N) is 1. The summed E-state index contributed by atoms with van der Waals surface area (Å²) >= 11 is 0. The molecule has 25 heavy (non-hydrogen) atoms. The van der Waals surface area contributed by atoms with Crippen molar-refractivity contribution in [3.63, 3.8) is 0 Å². The molecule has 1 aromatic rings. The number of rotatable bonds is 8. The minimum Gasteiger partial charge on any atom is -0.497 e. The van der Waals surface area contributed by atoms with Gasteiger partial charge in [0, 0.05) is 12.6 Å². The molecule has 0 aliphatic rings. The lowest BCUT2D eigenvalue weighted by Gasteiger charge is -2.36. The van der Waals surface area contributed by atoms with Crippen molar-refractivity contribution in [1.82, 2.24) is 5.32 Å². The van der Waals surface area contributed by atoms with E-state index in [1.807, 2.05) is 24.3 Å². The Morgan fingerprint density at radius 3 is 2.40 bits per heavy atom. The molecule has 0 heterocycles. The van der Waals surface area contributed by atoms with Crippen LogP contribution in [0, 0.1) is 0 Å². The highest BCUT2D eigenvalue weighted by Crippen LogP contribution is 2.36. The van der Waals surface area contributed by atoms with Gasteiger partial charge in [-0.25, -0.2) is 0 Å². The van der Waals surface area contributed by atoms with E-state index in [1.165, 1.54) is 6.08 Å². The Morgan fingerprint density at radius 1 is 1.28 bits per heavy atom. The van der Waals surface area contributed by atoms with E-state index < -0.39 is 14.4 Å². The van der Waals surface area contributed by atoms with Crippen molar-refractivity contribution >= 4 is 20.3 Å². The summed E-state index contributed by atoms with van der Waals surface area (Å²) in [5.41, 5.74) is 0.901. The number of amides is 1. The van der Waals surface area contributed by atoms with Crippen LogP contribution in [0.3, 0.4) is 0 Å². The third kappa shape index (κ3) is 7.42. The van der Waals surface area contributed by atoms with Gasteiger partial charge in [-0.2, -0.15) is 0 Å². The lowest BCUT2D eigenvalue weighted by Crippen LogP contribution is -2.44. The molecule has 1 unspecified atom stereocenters. The molecule has 140 valence electrons. The second-order valence-corrected chi connectivity index (χ2v) is 12.4. The molecule has 0 saturated carbocycles. The lowest BCUT2D eigenvalue weighted by atomic mass is 10.2. The molecule has 0 aromatic heterocycles. The second-order valence-electron chi connectivity index (χ2n) is 7.58. The van der Waals surface area contributed by atoms with Crippen LogP contribution in [-0.4, -0.2) is 45.7 Å². The van der Waals surface area contributed by atoms with Gasteiger partial charge in [0.05, 0.1) is 19.8 Å². The number of hydrogen-bond donors (Lipinski definition) is 2. The van der Waals surface area contributed by atoms with Gasteiger partial charge in [-0.05, 0) is 41.9 Å². The van der Waals surface area contributed by atoms with E-state index in [1.54, 1.807) is 13.2 Å². The van der Waals surface area contributed by atoms with Crippen molar-refractivity contribution in [2.24, 2.45) is 0 Å². The van der Waals surface area contributed by atoms with Crippen molar-refractivity contribution in [1.29, 1.82) is 0 Å². The molecular formula is C19H31NO4Si. The number of hydrogen-bond acceptors (Lipinski definition) is 4. The topological polar surface area (TPSA) is 67.8 Å². The highest BCUT2D eigenvalue weighted by Gasteiger charge is 2.37. The van der Waals surface area contributed by atoms with Crippen molar-refractivity contribution < 1.29 is 19.1 Å². The maximum absolute atomic E-state index is 11.8. The Balaban J connectivity index is 2.38. The zero-order valence-corrected chi connectivity index (χ0v) is 17.1. The van der Waals surface area contributed by atoms with Crippen LogP contribution in [0.2, 0.25) is 18.1 Å². The number of benzene rings is 1. The van der Waals surface area contributed by atoms with Gasteiger partial charge in [0.2, 0.25) is 5.91 Å². The fourth-order valence-electron chi connectivity index (χ4n) is 1.74. The van der Waals surface area contributed by atoms with Gasteiger partial charge in [-0.1, -0.05) is 32.9 Å². The summed E-state index contributed by atoms with van der Waals surface area (Å²) in [4.78, 5) is 11.8. The van der Waals surface area contributed by atoms with Gasteiger partial charge in [0.25, 0.3) is 0 Å². The van der Waals surface area contributed by atoms with Crippen molar-refractivity contribution in [3.8, 4) is 5.75 Å². The summed E-state index contributed by atoms with van der Waals surface area (Å²) in [5.74, 6) is 0.522. The molecular weight excluding hydrogens is 334 g/mol. The maximum atomic E-state index is 11.8. The van der Waals surface area contributed by atoms with E-state index in [9.17, 15) is 9.90 Å². The second kappa shape index (κ2) is 9.17. The van der Waals surface area contributed by atoms with Crippen LogP contribution in [0.5, 0.6) is 5.75 Å². The summed E-state index contributed by atoms with van der Waals surface area (Å²) in [7, 11) is -0.278. The predicted octanol–water partition coefficient (Wildman–Crippen LogP) is 3.21. The van der Waals surface area contributed by atoms with Crippen molar-refractivity contribution in [2.75, 3.05) is 20.3 Å². The average Bonchev–Trinajstić information content (AvgIpc) is 2.55. The van der Waals surface area contributed by atoms with Gasteiger partial charge < -0.3 is 19.6 Å². The molecule has 2 N–H and O–H groups in total. The van der Waals surface area contributed by atoms with Crippen LogP contribution in [0.4, 0.5) is 0 Å². The summed E-state index contributed by atoms with van der Waals surface area (Å²) in [6, 6.07) is 7.40. The van der Waals surface area contributed by atoms with Crippen LogP contribution in [0.25, 0.3) is 6.08 Å². The van der Waals surface area contributed by atoms with Crippen molar-refractivity contribution in [2.45, 2.75) is 45.0 Å². The molecule has 1 rings (SSSR count). The average molecular weight is 366 g/mol. The lowest BCUT2D eigenvalue weighted by molar-refractivity contribution is -0.117. The first kappa shape index (κ1) is 21.4. The molecule has 0 aliphatic carbocycles. The third-order valence-corrected chi connectivity index (χ3v) is 9.00. The summed E-state index contributed by atoms with van der Waals surface area (Å²) in [6.45, 7) is 11.1. The fraction of sp³-hybridized carbons (Fsp3) is 0.526. The Hall–Kier alpha value is -1.63. The highest BCUT2D eigenvalue weighted by molar-refractivity contribution is 6.74. The van der Waals surface area contributed by atoms with Gasteiger partial charge in [-0.15, -0.1) is 0 Å². The van der Waals surface area contributed by atoms with E-state index in [4.69, 9.17) is 9.16 Å². The Labute approximate surface area is 152 Å². The van der Waals surface area contributed by atoms with E-state index in [2.05, 4.69) is 39.2 Å². The Morgan fingerprint density at radius 2 is 1.88 bits per heavy atom. The van der Waals surface area contributed by atoms with Gasteiger partial charge in [0.15, 0.2) is 8.32 Å². The highest BCUT2D eigenvalue weighted by atomic mass is 28.4. The summed E-state index contributed by atoms with van der Waals surface area (Å²) < 4.78 is 11.0. The van der Waals surface area contributed by atoms with Crippen LogP contribution < -0.4 is 10.1 Å². The van der Waals surface area contributed by atoms with E-state index in [0.717, 1.165) is 11.3 Å². The number of aliphatic hydroxyl groups is 1. The zero-order valence-electron chi connectivity index (χ0n) is 16.1. The molecule has 1 atom stereocenters. The van der Waals surface area contributed by atoms with E-state index in [0.29, 0.717) is 0 Å². The number of aliphatic hydroxyl groups excluding tert-OH is 1. The maximum Gasteiger partial charge on any atom is 0.244 e. The number of ether oxygens (including phenoxy) is 1. The van der Waals surface area contributed by atoms with Crippen molar-refractivity contribution in [3.05, 3.63) is 35.9 Å². The van der Waals surface area contributed by atoms with E-state index in [-0.39, 0.29) is 24.1 Å². The van der Waals surface area contributed by atoms with Crippen LogP contribution in [0.15, 0.2) is 30.3 Å². The molecule has 0 spiro atoms. The minimum absolute atomic E-state index is 0.0943. The van der Waals surface area contributed by atoms with Crippen LogP contribution in [-0.2, 0) is 9.22 Å². The Bertz CT molecular complexity index is 576. The molecule has 0 fully saturated rings. The largest absolute Gasteiger partial charge is 0.497 e. The first-order valence-electron chi connectivity index (χ1n) is 8.47. The predicted molar refractivity (Wildman–Crippen MR) is 104 cm³/mol. The Kier molecular flexibility index (Phi) is 7.85. The molecule has 0 saturated heterocycles. The quantitative estimate of drug-likeness (QED) is 0.548. The SMILES string of the molecule is COc1ccc(/C=C/C(=O)NCC(O)CO[Si](C)(C)C(C)(C)C)cc1. The smallest absolute Gasteiger partial charge is 0.244 e. The zero-order chi connectivity index (χ0) is 19.1. The summed E-state index contributed by atoms with van der Waals surface area (Å²) in [5, 5.41) is 12.8. The normalized spacial score (nSPS) is 13.7. The van der Waals surface area contributed by atoms with E-state index >= 15 is 0 Å². The van der Waals surface area contributed by atoms with Gasteiger partial charge in [0.1, 0.15) is 5.75 Å². The standard InChI is InChI=1S/C19H31NO4Si/c1-19(2,3)25(5,6)24-14-16(21)13-20-18(22)12-9-15-7-10-17(23-4)11-8-15/h7-12,16,21H,13-14H2,1-6H3,(H,20,22)/b12-9+. The van der Waals surface area contributed by atoms with Gasteiger partial charge >= 0.3 is 0 Å². The molecule has 0 radical (unpaired) electrons. The monoisotopic (exact) mass is 365 g/mol. The number of carbonyl (C=O) groups is 1. The van der Waals surface area contributed by atoms with Gasteiger partial charge in [-0.3, -0.25) is 4.79 Å². The number of methoxy groups -OCH3 is 1. The fourth-order valence-corrected chi connectivity index (χ4v) is 2.79.